The molecule has 0 radical (unpaired) electrons. The molecule has 2 rings (SSSR count). The average molecular weight is 278 g/mol. The van der Waals surface area contributed by atoms with Gasteiger partial charge in [0.1, 0.15) is 0 Å². The lowest BCUT2D eigenvalue weighted by Gasteiger charge is -2.06. The minimum Gasteiger partial charge on any atom is -0.399 e. The van der Waals surface area contributed by atoms with Crippen molar-refractivity contribution < 1.29 is 8.42 Å². The molecule has 1 heterocycles. The maximum atomic E-state index is 11.9. The number of nitrogens with zero attached hydrogens (tertiary/aromatic N) is 2. The summed E-state index contributed by atoms with van der Waals surface area (Å²) in [5, 5.41) is 7.49. The zero-order valence-corrected chi connectivity index (χ0v) is 11.0. The van der Waals surface area contributed by atoms with E-state index in [9.17, 15) is 8.42 Å². The molecule has 0 aliphatic carbocycles. The largest absolute Gasteiger partial charge is 0.399 e. The molecule has 0 spiro atoms. The molecule has 0 fully saturated rings. The van der Waals surface area contributed by atoms with Crippen LogP contribution in [0, 0.1) is 0 Å². The first-order chi connectivity index (χ1) is 9.05. The summed E-state index contributed by atoms with van der Waals surface area (Å²) in [6, 6.07) is 10.2. The number of benzene rings is 1. The highest BCUT2D eigenvalue weighted by atomic mass is 32.2. The standard InChI is InChI=1S/C12H14N4O2S/c13-11-4-1-3-10(7-11)9-19(17,18)15-8-12-5-2-6-14-16-12/h1-7,15H,8-9,13H2. The summed E-state index contributed by atoms with van der Waals surface area (Å²) in [7, 11) is -3.42. The number of hydrogen-bond acceptors (Lipinski definition) is 5. The van der Waals surface area contributed by atoms with Gasteiger partial charge < -0.3 is 5.73 Å². The van der Waals surface area contributed by atoms with Crippen molar-refractivity contribution in [1.29, 1.82) is 0 Å². The first-order valence-electron chi connectivity index (χ1n) is 5.63. The molecule has 19 heavy (non-hydrogen) atoms. The molecule has 0 saturated carbocycles. The summed E-state index contributed by atoms with van der Waals surface area (Å²) in [6.07, 6.45) is 1.53. The molecule has 100 valence electrons. The van der Waals surface area contributed by atoms with Gasteiger partial charge in [-0.2, -0.15) is 10.2 Å². The normalized spacial score (nSPS) is 11.4. The molecule has 2 aromatic rings. The fourth-order valence-electron chi connectivity index (χ4n) is 1.56. The van der Waals surface area contributed by atoms with Gasteiger partial charge >= 0.3 is 0 Å². The second kappa shape index (κ2) is 5.77. The zero-order valence-electron chi connectivity index (χ0n) is 10.2. The van der Waals surface area contributed by atoms with Crippen LogP contribution in [-0.2, 0) is 22.3 Å². The molecule has 7 heteroatoms. The molecule has 0 amide bonds. The van der Waals surface area contributed by atoms with Gasteiger partial charge in [-0.05, 0) is 29.8 Å². The Labute approximate surface area is 111 Å². The van der Waals surface area contributed by atoms with Crippen LogP contribution in [0.15, 0.2) is 42.6 Å². The SMILES string of the molecule is Nc1cccc(CS(=O)(=O)NCc2cccnn2)c1. The molecule has 3 N–H and O–H groups in total. The van der Waals surface area contributed by atoms with E-state index in [2.05, 4.69) is 14.9 Å². The van der Waals surface area contributed by atoms with E-state index in [-0.39, 0.29) is 12.3 Å². The number of hydrogen-bond donors (Lipinski definition) is 2. The van der Waals surface area contributed by atoms with Crippen LogP contribution in [-0.4, -0.2) is 18.6 Å². The van der Waals surface area contributed by atoms with Crippen molar-refractivity contribution in [2.45, 2.75) is 12.3 Å². The number of anilines is 1. The Kier molecular flexibility index (Phi) is 4.08. The van der Waals surface area contributed by atoms with E-state index in [0.717, 1.165) is 0 Å². The maximum absolute atomic E-state index is 11.9. The summed E-state index contributed by atoms with van der Waals surface area (Å²) >= 11 is 0. The van der Waals surface area contributed by atoms with Gasteiger partial charge in [-0.3, -0.25) is 0 Å². The van der Waals surface area contributed by atoms with E-state index in [0.29, 0.717) is 16.9 Å². The van der Waals surface area contributed by atoms with Crippen LogP contribution in [0.2, 0.25) is 0 Å². The monoisotopic (exact) mass is 278 g/mol. The molecule has 0 bridgehead atoms. The van der Waals surface area contributed by atoms with Crippen molar-refractivity contribution in [2.24, 2.45) is 0 Å². The molecule has 1 aromatic heterocycles. The van der Waals surface area contributed by atoms with Gasteiger partial charge in [0.05, 0.1) is 18.0 Å². The molecular formula is C12H14N4O2S. The van der Waals surface area contributed by atoms with Crippen LogP contribution >= 0.6 is 0 Å². The number of aromatic nitrogens is 2. The third-order valence-corrected chi connectivity index (χ3v) is 3.71. The van der Waals surface area contributed by atoms with Crippen molar-refractivity contribution in [3.8, 4) is 0 Å². The molecule has 0 unspecified atom stereocenters. The van der Waals surface area contributed by atoms with Gasteiger partial charge in [-0.1, -0.05) is 12.1 Å². The number of nitrogens with two attached hydrogens (primary N) is 1. The van der Waals surface area contributed by atoms with Crippen LogP contribution in [0.1, 0.15) is 11.3 Å². The summed E-state index contributed by atoms with van der Waals surface area (Å²) < 4.78 is 26.2. The van der Waals surface area contributed by atoms with E-state index in [1.165, 1.54) is 6.20 Å². The molecule has 0 atom stereocenters. The third-order valence-electron chi connectivity index (χ3n) is 2.41. The summed E-state index contributed by atoms with van der Waals surface area (Å²) in [5.41, 5.74) is 7.37. The van der Waals surface area contributed by atoms with Crippen LogP contribution in [0.5, 0.6) is 0 Å². The number of nitrogens with one attached hydrogen (secondary N) is 1. The fourth-order valence-corrected chi connectivity index (χ4v) is 2.65. The van der Waals surface area contributed by atoms with Gasteiger partial charge in [0.15, 0.2) is 0 Å². The predicted octanol–water partition coefficient (Wildman–Crippen LogP) is 0.678. The lowest BCUT2D eigenvalue weighted by Crippen LogP contribution is -2.25. The van der Waals surface area contributed by atoms with Crippen molar-refractivity contribution >= 4 is 15.7 Å². The van der Waals surface area contributed by atoms with Gasteiger partial charge in [0.25, 0.3) is 0 Å². The van der Waals surface area contributed by atoms with Crippen molar-refractivity contribution in [3.63, 3.8) is 0 Å². The van der Waals surface area contributed by atoms with Crippen molar-refractivity contribution in [1.82, 2.24) is 14.9 Å². The van der Waals surface area contributed by atoms with Crippen molar-refractivity contribution in [2.75, 3.05) is 5.73 Å². The minimum absolute atomic E-state index is 0.113. The summed E-state index contributed by atoms with van der Waals surface area (Å²) in [5.74, 6) is -0.113. The van der Waals surface area contributed by atoms with Gasteiger partial charge in [0.2, 0.25) is 10.0 Å². The molecule has 0 aliphatic rings. The van der Waals surface area contributed by atoms with E-state index in [4.69, 9.17) is 5.73 Å². The maximum Gasteiger partial charge on any atom is 0.216 e. The second-order valence-electron chi connectivity index (χ2n) is 4.04. The first-order valence-corrected chi connectivity index (χ1v) is 7.29. The molecule has 6 nitrogen and oxygen atoms in total. The smallest absolute Gasteiger partial charge is 0.216 e. The molecule has 1 aromatic carbocycles. The summed E-state index contributed by atoms with van der Waals surface area (Å²) in [4.78, 5) is 0. The Balaban J connectivity index is 1.99. The second-order valence-corrected chi connectivity index (χ2v) is 5.85. The van der Waals surface area contributed by atoms with E-state index < -0.39 is 10.0 Å². The zero-order chi connectivity index (χ0) is 13.7. The van der Waals surface area contributed by atoms with Crippen LogP contribution < -0.4 is 10.5 Å². The highest BCUT2D eigenvalue weighted by molar-refractivity contribution is 7.88. The Morgan fingerprint density at radius 1 is 1.21 bits per heavy atom. The predicted molar refractivity (Wildman–Crippen MR) is 72.3 cm³/mol. The molecule has 0 aliphatic heterocycles. The molecule has 0 saturated heterocycles. The average Bonchev–Trinajstić information content (AvgIpc) is 2.37. The Morgan fingerprint density at radius 3 is 2.74 bits per heavy atom. The van der Waals surface area contributed by atoms with Crippen LogP contribution in [0.3, 0.4) is 0 Å². The lowest BCUT2D eigenvalue weighted by molar-refractivity contribution is 0.579. The topological polar surface area (TPSA) is 98.0 Å². The van der Waals surface area contributed by atoms with E-state index in [1.807, 2.05) is 0 Å². The number of sulfonamides is 1. The van der Waals surface area contributed by atoms with E-state index in [1.54, 1.807) is 36.4 Å². The van der Waals surface area contributed by atoms with Gasteiger partial charge in [-0.25, -0.2) is 13.1 Å². The fraction of sp³-hybridized carbons (Fsp3) is 0.167. The van der Waals surface area contributed by atoms with Crippen LogP contribution in [0.25, 0.3) is 0 Å². The highest BCUT2D eigenvalue weighted by Crippen LogP contribution is 2.09. The Hall–Kier alpha value is -1.99. The Morgan fingerprint density at radius 2 is 2.05 bits per heavy atom. The van der Waals surface area contributed by atoms with E-state index >= 15 is 0 Å². The minimum atomic E-state index is -3.42. The van der Waals surface area contributed by atoms with Gasteiger partial charge in [-0.15, -0.1) is 0 Å². The number of nitrogen functional groups attached to an aromatic ring is 1. The number of rotatable bonds is 5. The van der Waals surface area contributed by atoms with Crippen LogP contribution in [0.4, 0.5) is 5.69 Å². The molecular weight excluding hydrogens is 264 g/mol. The summed E-state index contributed by atoms with van der Waals surface area (Å²) in [6.45, 7) is 0.124. The quantitative estimate of drug-likeness (QED) is 0.784. The van der Waals surface area contributed by atoms with Crippen molar-refractivity contribution in [3.05, 3.63) is 53.9 Å². The lowest BCUT2D eigenvalue weighted by atomic mass is 10.2. The highest BCUT2D eigenvalue weighted by Gasteiger charge is 2.11. The first kappa shape index (κ1) is 13.4. The van der Waals surface area contributed by atoms with Gasteiger partial charge in [0, 0.05) is 11.9 Å². The third kappa shape index (κ3) is 4.31. The Bertz CT molecular complexity index is 644.